The molecule has 0 aliphatic rings. The molecule has 0 atom stereocenters. The second-order valence-electron chi connectivity index (χ2n) is 3.31. The molecule has 2 aromatic rings. The number of rotatable bonds is 3. The van der Waals surface area contributed by atoms with Gasteiger partial charge in [0.2, 0.25) is 0 Å². The van der Waals surface area contributed by atoms with E-state index in [0.29, 0.717) is 17.3 Å². The third-order valence-electron chi connectivity index (χ3n) is 2.21. The molecule has 0 saturated heterocycles. The van der Waals surface area contributed by atoms with Gasteiger partial charge in [0.15, 0.2) is 0 Å². The minimum absolute atomic E-state index is 0.157. The minimum atomic E-state index is -0.157. The van der Waals surface area contributed by atoms with Crippen LogP contribution in [0, 0.1) is 0 Å². The Bertz CT molecular complexity index is 599. The summed E-state index contributed by atoms with van der Waals surface area (Å²) in [7, 11) is 0. The summed E-state index contributed by atoms with van der Waals surface area (Å²) in [5, 5.41) is 0.552. The van der Waals surface area contributed by atoms with Gasteiger partial charge in [-0.15, -0.1) is 0 Å². The SMILES string of the molecule is O=CCC=Cc1ccc2nc[nH]c(=O)c2c1. The van der Waals surface area contributed by atoms with Gasteiger partial charge < -0.3 is 9.78 Å². The molecule has 0 saturated carbocycles. The summed E-state index contributed by atoms with van der Waals surface area (Å²) >= 11 is 0. The molecule has 0 radical (unpaired) electrons. The van der Waals surface area contributed by atoms with Gasteiger partial charge in [-0.25, -0.2) is 4.98 Å². The molecule has 4 heteroatoms. The van der Waals surface area contributed by atoms with Gasteiger partial charge in [-0.2, -0.15) is 0 Å². The normalized spacial score (nSPS) is 11.0. The quantitative estimate of drug-likeness (QED) is 0.788. The molecule has 4 nitrogen and oxygen atoms in total. The van der Waals surface area contributed by atoms with Crippen molar-refractivity contribution < 1.29 is 4.79 Å². The first-order valence-corrected chi connectivity index (χ1v) is 4.89. The Balaban J connectivity index is 2.47. The number of carbonyl (C=O) groups is 1. The number of benzene rings is 1. The van der Waals surface area contributed by atoms with Crippen molar-refractivity contribution in [3.05, 3.63) is 46.5 Å². The number of hydrogen-bond donors (Lipinski definition) is 1. The van der Waals surface area contributed by atoms with Crippen LogP contribution in [0.15, 0.2) is 35.4 Å². The zero-order valence-electron chi connectivity index (χ0n) is 8.51. The Hall–Kier alpha value is -2.23. The molecule has 16 heavy (non-hydrogen) atoms. The Morgan fingerprint density at radius 3 is 3.06 bits per heavy atom. The standard InChI is InChI=1S/C12H10N2O2/c15-6-2-1-3-9-4-5-11-10(7-9)12(16)14-8-13-11/h1,3-8H,2H2,(H,13,14,16). The average molecular weight is 214 g/mol. The highest BCUT2D eigenvalue weighted by atomic mass is 16.1. The van der Waals surface area contributed by atoms with Crippen molar-refractivity contribution in [1.82, 2.24) is 9.97 Å². The number of aldehydes is 1. The number of nitrogens with zero attached hydrogens (tertiary/aromatic N) is 1. The van der Waals surface area contributed by atoms with Gasteiger partial charge in [0.1, 0.15) is 6.29 Å². The van der Waals surface area contributed by atoms with E-state index in [-0.39, 0.29) is 5.56 Å². The lowest BCUT2D eigenvalue weighted by molar-refractivity contribution is -0.107. The summed E-state index contributed by atoms with van der Waals surface area (Å²) in [6.45, 7) is 0. The van der Waals surface area contributed by atoms with E-state index >= 15 is 0 Å². The first-order valence-electron chi connectivity index (χ1n) is 4.89. The molecule has 1 aromatic heterocycles. The van der Waals surface area contributed by atoms with E-state index in [1.54, 1.807) is 24.3 Å². The van der Waals surface area contributed by atoms with Gasteiger partial charge in [0.05, 0.1) is 17.2 Å². The fourth-order valence-corrected chi connectivity index (χ4v) is 1.45. The highest BCUT2D eigenvalue weighted by Gasteiger charge is 1.98. The van der Waals surface area contributed by atoms with Crippen LogP contribution in [0.4, 0.5) is 0 Å². The Labute approximate surface area is 91.6 Å². The van der Waals surface area contributed by atoms with Crippen molar-refractivity contribution in [3.63, 3.8) is 0 Å². The predicted octanol–water partition coefficient (Wildman–Crippen LogP) is 1.53. The molecular formula is C12H10N2O2. The summed E-state index contributed by atoms with van der Waals surface area (Å²) in [4.78, 5) is 28.2. The number of H-pyrrole nitrogens is 1. The van der Waals surface area contributed by atoms with E-state index in [9.17, 15) is 9.59 Å². The third-order valence-corrected chi connectivity index (χ3v) is 2.21. The van der Waals surface area contributed by atoms with Crippen molar-refractivity contribution in [2.45, 2.75) is 6.42 Å². The van der Waals surface area contributed by atoms with Crippen LogP contribution in [0.5, 0.6) is 0 Å². The van der Waals surface area contributed by atoms with Crippen LogP contribution in [0.1, 0.15) is 12.0 Å². The third kappa shape index (κ3) is 2.06. The lowest BCUT2D eigenvalue weighted by Crippen LogP contribution is -2.05. The van der Waals surface area contributed by atoms with Crippen LogP contribution in [-0.2, 0) is 4.79 Å². The lowest BCUT2D eigenvalue weighted by atomic mass is 10.1. The summed E-state index contributed by atoms with van der Waals surface area (Å²) in [6.07, 6.45) is 6.14. The van der Waals surface area contributed by atoms with E-state index < -0.39 is 0 Å². The molecule has 0 unspecified atom stereocenters. The first-order chi connectivity index (χ1) is 7.81. The maximum Gasteiger partial charge on any atom is 0.258 e. The average Bonchev–Trinajstić information content (AvgIpc) is 2.30. The number of allylic oxidation sites excluding steroid dienone is 1. The van der Waals surface area contributed by atoms with Crippen LogP contribution < -0.4 is 5.56 Å². The zero-order chi connectivity index (χ0) is 11.4. The first kappa shape index (κ1) is 10.3. The fraction of sp³-hybridized carbons (Fsp3) is 0.0833. The van der Waals surface area contributed by atoms with Crippen LogP contribution >= 0.6 is 0 Å². The van der Waals surface area contributed by atoms with Crippen molar-refractivity contribution >= 4 is 23.3 Å². The van der Waals surface area contributed by atoms with Gasteiger partial charge in [-0.05, 0) is 17.7 Å². The highest BCUT2D eigenvalue weighted by Crippen LogP contribution is 2.10. The van der Waals surface area contributed by atoms with Crippen LogP contribution in [0.3, 0.4) is 0 Å². The van der Waals surface area contributed by atoms with Crippen molar-refractivity contribution in [2.24, 2.45) is 0 Å². The molecule has 80 valence electrons. The van der Waals surface area contributed by atoms with Crippen molar-refractivity contribution in [2.75, 3.05) is 0 Å². The maximum atomic E-state index is 11.5. The van der Waals surface area contributed by atoms with Gasteiger partial charge in [0, 0.05) is 6.42 Å². The van der Waals surface area contributed by atoms with Gasteiger partial charge in [0.25, 0.3) is 5.56 Å². The molecular weight excluding hydrogens is 204 g/mol. The van der Waals surface area contributed by atoms with Crippen LogP contribution in [-0.4, -0.2) is 16.3 Å². The number of aromatic amines is 1. The molecule has 0 amide bonds. The number of hydrogen-bond acceptors (Lipinski definition) is 3. The van der Waals surface area contributed by atoms with E-state index in [0.717, 1.165) is 11.8 Å². The molecule has 0 bridgehead atoms. The van der Waals surface area contributed by atoms with Gasteiger partial charge in [-0.3, -0.25) is 4.79 Å². The monoisotopic (exact) mass is 214 g/mol. The number of aromatic nitrogens is 2. The van der Waals surface area contributed by atoms with Gasteiger partial charge >= 0.3 is 0 Å². The Kier molecular flexibility index (Phi) is 2.91. The maximum absolute atomic E-state index is 11.5. The summed E-state index contributed by atoms with van der Waals surface area (Å²) in [5.41, 5.74) is 1.39. The summed E-state index contributed by atoms with van der Waals surface area (Å²) in [6, 6.07) is 5.39. The molecule has 0 aliphatic carbocycles. The van der Waals surface area contributed by atoms with E-state index in [1.165, 1.54) is 6.33 Å². The molecule has 0 aliphatic heterocycles. The lowest BCUT2D eigenvalue weighted by Gasteiger charge is -1.97. The van der Waals surface area contributed by atoms with Crippen LogP contribution in [0.2, 0.25) is 0 Å². The van der Waals surface area contributed by atoms with Crippen molar-refractivity contribution in [1.29, 1.82) is 0 Å². The van der Waals surface area contributed by atoms with E-state index in [2.05, 4.69) is 9.97 Å². The topological polar surface area (TPSA) is 62.8 Å². The van der Waals surface area contributed by atoms with E-state index in [1.807, 2.05) is 6.07 Å². The number of fused-ring (bicyclic) bond motifs is 1. The molecule has 1 N–H and O–H groups in total. The van der Waals surface area contributed by atoms with E-state index in [4.69, 9.17) is 0 Å². The molecule has 2 rings (SSSR count). The summed E-state index contributed by atoms with van der Waals surface area (Å²) in [5.74, 6) is 0. The Morgan fingerprint density at radius 2 is 2.25 bits per heavy atom. The smallest absolute Gasteiger partial charge is 0.258 e. The fourth-order valence-electron chi connectivity index (χ4n) is 1.45. The molecule has 0 spiro atoms. The second-order valence-corrected chi connectivity index (χ2v) is 3.31. The zero-order valence-corrected chi connectivity index (χ0v) is 8.51. The van der Waals surface area contributed by atoms with Gasteiger partial charge in [-0.1, -0.05) is 18.2 Å². The van der Waals surface area contributed by atoms with Crippen molar-refractivity contribution in [3.8, 4) is 0 Å². The molecule has 1 heterocycles. The Morgan fingerprint density at radius 1 is 1.38 bits per heavy atom. The minimum Gasteiger partial charge on any atom is -0.313 e. The highest BCUT2D eigenvalue weighted by molar-refractivity contribution is 5.80. The largest absolute Gasteiger partial charge is 0.313 e. The second kappa shape index (κ2) is 4.53. The summed E-state index contributed by atoms with van der Waals surface area (Å²) < 4.78 is 0. The molecule has 0 fully saturated rings. The number of carbonyl (C=O) groups excluding carboxylic acids is 1. The molecule has 1 aromatic carbocycles. The van der Waals surface area contributed by atoms with Crippen LogP contribution in [0.25, 0.3) is 17.0 Å². The number of nitrogens with one attached hydrogen (secondary N) is 1. The predicted molar refractivity (Wildman–Crippen MR) is 62.1 cm³/mol.